The highest BCUT2D eigenvalue weighted by molar-refractivity contribution is 9.10. The third kappa shape index (κ3) is 3.71. The zero-order chi connectivity index (χ0) is 12.1. The molecule has 90 valence electrons. The highest BCUT2D eigenvalue weighted by atomic mass is 79.9. The average Bonchev–Trinajstić information content (AvgIpc) is 2.27. The van der Waals surface area contributed by atoms with Gasteiger partial charge in [-0.2, -0.15) is 11.8 Å². The Kier molecular flexibility index (Phi) is 5.72. The topological polar surface area (TPSA) is 3.24 Å². The van der Waals surface area contributed by atoms with Gasteiger partial charge in [-0.3, -0.25) is 0 Å². The van der Waals surface area contributed by atoms with Crippen molar-refractivity contribution in [2.45, 2.75) is 6.54 Å². The molecule has 0 aliphatic heterocycles. The molecule has 0 fully saturated rings. The predicted molar refractivity (Wildman–Crippen MR) is 68.8 cm³/mol. The van der Waals surface area contributed by atoms with Crippen LogP contribution in [0.25, 0.3) is 0 Å². The van der Waals surface area contributed by atoms with Gasteiger partial charge in [0.1, 0.15) is 11.6 Å². The number of benzene rings is 1. The van der Waals surface area contributed by atoms with Crippen molar-refractivity contribution in [1.82, 2.24) is 4.90 Å². The van der Waals surface area contributed by atoms with Gasteiger partial charge >= 0.3 is 0 Å². The maximum atomic E-state index is 13.6. The highest BCUT2D eigenvalue weighted by Crippen LogP contribution is 2.22. The van der Waals surface area contributed by atoms with E-state index >= 15 is 0 Å². The molecule has 0 bridgehead atoms. The van der Waals surface area contributed by atoms with Crippen LogP contribution in [0.4, 0.5) is 8.78 Å². The molecule has 0 heterocycles. The normalized spacial score (nSPS) is 11.1. The van der Waals surface area contributed by atoms with E-state index in [0.29, 0.717) is 4.47 Å². The second kappa shape index (κ2) is 6.57. The predicted octanol–water partition coefficient (Wildman–Crippen LogP) is 3.52. The summed E-state index contributed by atoms with van der Waals surface area (Å²) in [6, 6.07) is 2.67. The lowest BCUT2D eigenvalue weighted by atomic mass is 10.2. The Hall–Kier alpha value is -0.130. The first-order valence-corrected chi connectivity index (χ1v) is 7.04. The highest BCUT2D eigenvalue weighted by Gasteiger charge is 2.13. The maximum absolute atomic E-state index is 13.6. The fraction of sp³-hybridized carbons (Fsp3) is 0.455. The van der Waals surface area contributed by atoms with Gasteiger partial charge in [-0.1, -0.05) is 0 Å². The molecule has 16 heavy (non-hydrogen) atoms. The monoisotopic (exact) mass is 309 g/mol. The Morgan fingerprint density at radius 2 is 2.06 bits per heavy atom. The summed E-state index contributed by atoms with van der Waals surface area (Å²) in [5, 5.41) is 0. The number of rotatable bonds is 5. The second-order valence-corrected chi connectivity index (χ2v) is 5.39. The Labute approximate surface area is 107 Å². The largest absolute Gasteiger partial charge is 0.301 e. The molecule has 0 aliphatic carbocycles. The maximum Gasteiger partial charge on any atom is 0.144 e. The Morgan fingerprint density at radius 3 is 2.69 bits per heavy atom. The zero-order valence-electron chi connectivity index (χ0n) is 9.27. The van der Waals surface area contributed by atoms with Gasteiger partial charge in [-0.25, -0.2) is 8.78 Å². The molecule has 0 spiro atoms. The third-order valence-corrected chi connectivity index (χ3v) is 3.45. The van der Waals surface area contributed by atoms with Crippen molar-refractivity contribution in [3.05, 3.63) is 33.8 Å². The summed E-state index contributed by atoms with van der Waals surface area (Å²) >= 11 is 4.77. The van der Waals surface area contributed by atoms with Crippen molar-refractivity contribution in [2.75, 3.05) is 25.6 Å². The minimum atomic E-state index is -0.504. The van der Waals surface area contributed by atoms with E-state index in [4.69, 9.17) is 0 Å². The molecule has 1 rings (SSSR count). The molecule has 5 heteroatoms. The molecular weight excluding hydrogens is 296 g/mol. The van der Waals surface area contributed by atoms with Crippen molar-refractivity contribution in [2.24, 2.45) is 0 Å². The molecule has 0 N–H and O–H groups in total. The smallest absolute Gasteiger partial charge is 0.144 e. The number of hydrogen-bond acceptors (Lipinski definition) is 2. The standard InChI is InChI=1S/C11H14BrF2NS/c1-15(5-6-16-2)7-8-10(13)4-3-9(12)11(8)14/h3-4H,5-7H2,1-2H3. The van der Waals surface area contributed by atoms with E-state index in [2.05, 4.69) is 15.9 Å². The van der Waals surface area contributed by atoms with Gasteiger partial charge in [-0.15, -0.1) is 0 Å². The van der Waals surface area contributed by atoms with Gasteiger partial charge in [0.2, 0.25) is 0 Å². The van der Waals surface area contributed by atoms with Crippen LogP contribution in [0.5, 0.6) is 0 Å². The quantitative estimate of drug-likeness (QED) is 0.766. The molecule has 0 aromatic heterocycles. The number of hydrogen-bond donors (Lipinski definition) is 0. The minimum absolute atomic E-state index is 0.123. The third-order valence-electron chi connectivity index (χ3n) is 2.24. The van der Waals surface area contributed by atoms with Crippen LogP contribution in [0.2, 0.25) is 0 Å². The molecule has 1 aromatic carbocycles. The van der Waals surface area contributed by atoms with Crippen LogP contribution in [0, 0.1) is 11.6 Å². The first kappa shape index (κ1) is 13.9. The van der Waals surface area contributed by atoms with E-state index in [1.807, 2.05) is 18.2 Å². The summed E-state index contributed by atoms with van der Waals surface area (Å²) in [6.07, 6.45) is 2.01. The first-order chi connectivity index (χ1) is 7.56. The summed E-state index contributed by atoms with van der Waals surface area (Å²) in [6.45, 7) is 1.10. The molecule has 0 aliphatic rings. The van der Waals surface area contributed by atoms with Crippen molar-refractivity contribution < 1.29 is 8.78 Å². The van der Waals surface area contributed by atoms with Crippen LogP contribution in [-0.4, -0.2) is 30.5 Å². The zero-order valence-corrected chi connectivity index (χ0v) is 11.7. The van der Waals surface area contributed by atoms with E-state index in [0.717, 1.165) is 12.3 Å². The van der Waals surface area contributed by atoms with Crippen molar-refractivity contribution in [3.8, 4) is 0 Å². The van der Waals surface area contributed by atoms with Gasteiger partial charge in [-0.05, 0) is 41.4 Å². The van der Waals surface area contributed by atoms with Crippen LogP contribution in [-0.2, 0) is 6.54 Å². The molecule has 0 saturated carbocycles. The number of nitrogens with zero attached hydrogens (tertiary/aromatic N) is 1. The Balaban J connectivity index is 2.76. The van der Waals surface area contributed by atoms with Gasteiger partial charge in [0.15, 0.2) is 0 Å². The fourth-order valence-electron chi connectivity index (χ4n) is 1.31. The second-order valence-electron chi connectivity index (χ2n) is 3.55. The molecule has 1 nitrogen and oxygen atoms in total. The molecule has 0 atom stereocenters. The lowest BCUT2D eigenvalue weighted by Gasteiger charge is -2.17. The van der Waals surface area contributed by atoms with E-state index in [1.165, 1.54) is 12.1 Å². The van der Waals surface area contributed by atoms with Crippen molar-refractivity contribution in [1.29, 1.82) is 0 Å². The molecule has 0 amide bonds. The van der Waals surface area contributed by atoms with Gasteiger partial charge in [0.25, 0.3) is 0 Å². The summed E-state index contributed by atoms with van der Waals surface area (Å²) < 4.78 is 27.4. The SMILES string of the molecule is CSCCN(C)Cc1c(F)ccc(Br)c1F. The Bertz CT molecular complexity index is 360. The summed E-state index contributed by atoms with van der Waals surface area (Å²) in [4.78, 5) is 1.91. The molecular formula is C11H14BrF2NS. The van der Waals surface area contributed by atoms with Crippen molar-refractivity contribution >= 4 is 27.7 Å². The molecule has 0 saturated heterocycles. The fourth-order valence-corrected chi connectivity index (χ4v) is 2.18. The van der Waals surface area contributed by atoms with Crippen LogP contribution >= 0.6 is 27.7 Å². The number of thioether (sulfide) groups is 1. The van der Waals surface area contributed by atoms with Crippen molar-refractivity contribution in [3.63, 3.8) is 0 Å². The van der Waals surface area contributed by atoms with E-state index in [9.17, 15) is 8.78 Å². The van der Waals surface area contributed by atoms with Crippen LogP contribution in [0.3, 0.4) is 0 Å². The molecule has 1 aromatic rings. The Morgan fingerprint density at radius 1 is 1.38 bits per heavy atom. The van der Waals surface area contributed by atoms with Gasteiger partial charge in [0, 0.05) is 24.4 Å². The average molecular weight is 310 g/mol. The molecule has 0 radical (unpaired) electrons. The lowest BCUT2D eigenvalue weighted by Crippen LogP contribution is -2.22. The van der Waals surface area contributed by atoms with Gasteiger partial charge < -0.3 is 4.90 Å². The van der Waals surface area contributed by atoms with Gasteiger partial charge in [0.05, 0.1) is 4.47 Å². The van der Waals surface area contributed by atoms with E-state index in [-0.39, 0.29) is 12.1 Å². The van der Waals surface area contributed by atoms with Crippen LogP contribution in [0.1, 0.15) is 5.56 Å². The summed E-state index contributed by atoms with van der Waals surface area (Å²) in [5.74, 6) is -0.0407. The van der Waals surface area contributed by atoms with E-state index in [1.54, 1.807) is 11.8 Å². The molecule has 0 unspecified atom stereocenters. The van der Waals surface area contributed by atoms with E-state index < -0.39 is 11.6 Å². The summed E-state index contributed by atoms with van der Waals surface area (Å²) in [7, 11) is 1.86. The minimum Gasteiger partial charge on any atom is -0.301 e. The lowest BCUT2D eigenvalue weighted by molar-refractivity contribution is 0.334. The first-order valence-electron chi connectivity index (χ1n) is 4.86. The summed E-state index contributed by atoms with van der Waals surface area (Å²) in [5.41, 5.74) is 0.123. The number of halogens is 3. The van der Waals surface area contributed by atoms with Crippen LogP contribution in [0.15, 0.2) is 16.6 Å². The van der Waals surface area contributed by atoms with Crippen LogP contribution < -0.4 is 0 Å².